The van der Waals surface area contributed by atoms with Gasteiger partial charge in [-0.3, -0.25) is 4.79 Å². The molecular formula is C15H22N2O3S2. The fourth-order valence-corrected chi connectivity index (χ4v) is 5.22. The molecule has 0 atom stereocenters. The van der Waals surface area contributed by atoms with Crippen molar-refractivity contribution in [1.82, 2.24) is 9.62 Å². The highest BCUT2D eigenvalue weighted by atomic mass is 32.2. The summed E-state index contributed by atoms with van der Waals surface area (Å²) in [5.41, 5.74) is 1.34. The summed E-state index contributed by atoms with van der Waals surface area (Å²) in [6, 6.07) is 2.12. The molecule has 122 valence electrons. The number of hydrogen-bond acceptors (Lipinski definition) is 4. The number of sulfonamides is 1. The van der Waals surface area contributed by atoms with Crippen molar-refractivity contribution in [3.05, 3.63) is 21.4 Å². The Balaban J connectivity index is 1.58. The molecular weight excluding hydrogens is 320 g/mol. The first kappa shape index (κ1) is 16.0. The van der Waals surface area contributed by atoms with E-state index in [1.807, 2.05) is 6.07 Å². The molecule has 1 N–H and O–H groups in total. The van der Waals surface area contributed by atoms with Crippen LogP contribution in [0.25, 0.3) is 0 Å². The van der Waals surface area contributed by atoms with Crippen molar-refractivity contribution in [3.8, 4) is 0 Å². The highest BCUT2D eigenvalue weighted by Gasteiger charge is 2.26. The fourth-order valence-electron chi connectivity index (χ4n) is 3.19. The molecule has 2 aliphatic rings. The number of amides is 1. The molecule has 7 heteroatoms. The van der Waals surface area contributed by atoms with Gasteiger partial charge in [0.15, 0.2) is 0 Å². The zero-order valence-corrected chi connectivity index (χ0v) is 14.4. The van der Waals surface area contributed by atoms with Crippen LogP contribution in [0.3, 0.4) is 0 Å². The van der Waals surface area contributed by atoms with Gasteiger partial charge < -0.3 is 5.32 Å². The second-order valence-corrected chi connectivity index (χ2v) is 9.30. The standard InChI is InChI=1S/C15H22N2O3S2/c1-22(19,20)17-8-6-12(7-9-17)16-15(18)14-10-11-4-2-3-5-13(11)21-14/h10,12H,2-9H2,1H3,(H,16,18). The number of nitrogens with zero attached hydrogens (tertiary/aromatic N) is 1. The molecule has 0 radical (unpaired) electrons. The molecule has 0 bridgehead atoms. The predicted octanol–water partition coefficient (Wildman–Crippen LogP) is 1.78. The molecule has 1 aliphatic carbocycles. The van der Waals surface area contributed by atoms with E-state index < -0.39 is 10.0 Å². The normalized spacial score (nSPS) is 20.6. The number of carbonyl (C=O) groups excluding carboxylic acids is 1. The Bertz CT molecular complexity index is 635. The van der Waals surface area contributed by atoms with Crippen LogP contribution in [0, 0.1) is 0 Å². The van der Waals surface area contributed by atoms with Gasteiger partial charge in [0.2, 0.25) is 10.0 Å². The number of hydrogen-bond donors (Lipinski definition) is 1. The molecule has 2 heterocycles. The Morgan fingerprint density at radius 1 is 1.27 bits per heavy atom. The van der Waals surface area contributed by atoms with Gasteiger partial charge >= 0.3 is 0 Å². The zero-order chi connectivity index (χ0) is 15.7. The molecule has 1 amide bonds. The van der Waals surface area contributed by atoms with Crippen LogP contribution in [0.2, 0.25) is 0 Å². The SMILES string of the molecule is CS(=O)(=O)N1CCC(NC(=O)c2cc3c(s2)CCCC3)CC1. The van der Waals surface area contributed by atoms with Crippen LogP contribution in [-0.4, -0.2) is 44.0 Å². The molecule has 0 aromatic carbocycles. The third-order valence-corrected chi connectivity index (χ3v) is 7.02. The molecule has 1 aliphatic heterocycles. The van der Waals surface area contributed by atoms with Gasteiger partial charge in [-0.1, -0.05) is 0 Å². The Kier molecular flexibility index (Phi) is 4.56. The van der Waals surface area contributed by atoms with Crippen LogP contribution in [-0.2, 0) is 22.9 Å². The van der Waals surface area contributed by atoms with E-state index >= 15 is 0 Å². The van der Waals surface area contributed by atoms with E-state index in [9.17, 15) is 13.2 Å². The summed E-state index contributed by atoms with van der Waals surface area (Å²) < 4.78 is 24.5. The van der Waals surface area contributed by atoms with Gasteiger partial charge in [-0.25, -0.2) is 12.7 Å². The summed E-state index contributed by atoms with van der Waals surface area (Å²) >= 11 is 1.62. The van der Waals surface area contributed by atoms with E-state index in [0.29, 0.717) is 25.9 Å². The van der Waals surface area contributed by atoms with Crippen molar-refractivity contribution in [2.45, 2.75) is 44.6 Å². The predicted molar refractivity (Wildman–Crippen MR) is 87.9 cm³/mol. The Hall–Kier alpha value is -0.920. The largest absolute Gasteiger partial charge is 0.349 e. The Morgan fingerprint density at radius 2 is 1.95 bits per heavy atom. The first-order chi connectivity index (χ1) is 10.4. The molecule has 0 spiro atoms. The molecule has 5 nitrogen and oxygen atoms in total. The van der Waals surface area contributed by atoms with E-state index in [-0.39, 0.29) is 11.9 Å². The number of thiophene rings is 1. The quantitative estimate of drug-likeness (QED) is 0.910. The van der Waals surface area contributed by atoms with Gasteiger partial charge in [0, 0.05) is 24.0 Å². The molecule has 0 saturated carbocycles. The van der Waals surface area contributed by atoms with Crippen molar-refractivity contribution in [2.24, 2.45) is 0 Å². The van der Waals surface area contributed by atoms with Crippen LogP contribution in [0.1, 0.15) is 45.8 Å². The number of carbonyl (C=O) groups is 1. The maximum absolute atomic E-state index is 12.4. The fraction of sp³-hybridized carbons (Fsp3) is 0.667. The van der Waals surface area contributed by atoms with Crippen molar-refractivity contribution < 1.29 is 13.2 Å². The minimum Gasteiger partial charge on any atom is -0.349 e. The maximum Gasteiger partial charge on any atom is 0.261 e. The van der Waals surface area contributed by atoms with Crippen molar-refractivity contribution in [1.29, 1.82) is 0 Å². The first-order valence-corrected chi connectivity index (χ1v) is 10.5. The lowest BCUT2D eigenvalue weighted by Crippen LogP contribution is -2.46. The molecule has 3 rings (SSSR count). The topological polar surface area (TPSA) is 66.5 Å². The minimum atomic E-state index is -3.11. The van der Waals surface area contributed by atoms with Gasteiger partial charge in [0.25, 0.3) is 5.91 Å². The Morgan fingerprint density at radius 3 is 2.59 bits per heavy atom. The van der Waals surface area contributed by atoms with Crippen LogP contribution in [0.15, 0.2) is 6.07 Å². The van der Waals surface area contributed by atoms with Gasteiger partial charge in [-0.05, 0) is 50.2 Å². The third kappa shape index (κ3) is 3.52. The third-order valence-electron chi connectivity index (χ3n) is 4.48. The van der Waals surface area contributed by atoms with Crippen LogP contribution in [0.4, 0.5) is 0 Å². The van der Waals surface area contributed by atoms with Gasteiger partial charge in [-0.15, -0.1) is 11.3 Å². The molecule has 1 aromatic heterocycles. The summed E-state index contributed by atoms with van der Waals surface area (Å²) in [4.78, 5) is 14.5. The average molecular weight is 342 g/mol. The molecule has 1 saturated heterocycles. The second kappa shape index (κ2) is 6.29. The van der Waals surface area contributed by atoms with Crippen molar-refractivity contribution >= 4 is 27.3 Å². The van der Waals surface area contributed by atoms with E-state index in [1.54, 1.807) is 11.3 Å². The lowest BCUT2D eigenvalue weighted by molar-refractivity contribution is 0.0928. The number of piperidine rings is 1. The minimum absolute atomic E-state index is 0.00259. The van der Waals surface area contributed by atoms with Crippen LogP contribution < -0.4 is 5.32 Å². The Labute approximate surface area is 135 Å². The highest BCUT2D eigenvalue weighted by molar-refractivity contribution is 7.88. The lowest BCUT2D eigenvalue weighted by atomic mass is 9.99. The smallest absolute Gasteiger partial charge is 0.261 e. The van der Waals surface area contributed by atoms with Gasteiger partial charge in [0.05, 0.1) is 11.1 Å². The zero-order valence-electron chi connectivity index (χ0n) is 12.8. The second-order valence-electron chi connectivity index (χ2n) is 6.18. The monoisotopic (exact) mass is 342 g/mol. The van der Waals surface area contributed by atoms with Gasteiger partial charge in [0.1, 0.15) is 0 Å². The lowest BCUT2D eigenvalue weighted by Gasteiger charge is -2.30. The number of aryl methyl sites for hydroxylation is 2. The van der Waals surface area contributed by atoms with Crippen LogP contribution in [0.5, 0.6) is 0 Å². The molecule has 0 unspecified atom stereocenters. The molecule has 1 aromatic rings. The summed E-state index contributed by atoms with van der Waals surface area (Å²) in [6.45, 7) is 0.982. The van der Waals surface area contributed by atoms with Crippen LogP contribution >= 0.6 is 11.3 Å². The summed E-state index contributed by atoms with van der Waals surface area (Å²) in [5, 5.41) is 3.07. The molecule has 22 heavy (non-hydrogen) atoms. The average Bonchev–Trinajstić information content (AvgIpc) is 2.91. The van der Waals surface area contributed by atoms with E-state index in [1.165, 1.54) is 33.8 Å². The van der Waals surface area contributed by atoms with Gasteiger partial charge in [-0.2, -0.15) is 0 Å². The molecule has 1 fully saturated rings. The van der Waals surface area contributed by atoms with Crippen molar-refractivity contribution in [2.75, 3.05) is 19.3 Å². The van der Waals surface area contributed by atoms with Crippen molar-refractivity contribution in [3.63, 3.8) is 0 Å². The first-order valence-electron chi connectivity index (χ1n) is 7.81. The van der Waals surface area contributed by atoms with E-state index in [2.05, 4.69) is 5.32 Å². The maximum atomic E-state index is 12.4. The highest BCUT2D eigenvalue weighted by Crippen LogP contribution is 2.29. The number of nitrogens with one attached hydrogen (secondary N) is 1. The summed E-state index contributed by atoms with van der Waals surface area (Å²) in [5.74, 6) is -0.00259. The number of rotatable bonds is 3. The summed E-state index contributed by atoms with van der Waals surface area (Å²) in [7, 11) is -3.11. The van der Waals surface area contributed by atoms with E-state index in [4.69, 9.17) is 0 Å². The number of fused-ring (bicyclic) bond motifs is 1. The van der Waals surface area contributed by atoms with E-state index in [0.717, 1.165) is 17.7 Å². The summed E-state index contributed by atoms with van der Waals surface area (Å²) in [6.07, 6.45) is 7.23.